The maximum Gasteiger partial charge on any atom is 0.261 e. The van der Waals surface area contributed by atoms with E-state index in [-0.39, 0.29) is 11.5 Å². The number of carbonyl (C=O) groups excluding carboxylic acids is 1. The molecule has 32 heavy (non-hydrogen) atoms. The molecule has 0 aliphatic carbocycles. The number of nitrogens with one attached hydrogen (secondary N) is 2. The molecule has 6 nitrogen and oxygen atoms in total. The molecule has 1 saturated heterocycles. The van der Waals surface area contributed by atoms with Crippen molar-refractivity contribution in [1.82, 2.24) is 20.2 Å². The molecule has 170 valence electrons. The molecule has 3 aromatic rings. The Morgan fingerprint density at radius 2 is 2.16 bits per heavy atom. The van der Waals surface area contributed by atoms with Crippen LogP contribution in [0.4, 0.5) is 0 Å². The molecular formula is C24H30N4O2S2. The smallest absolute Gasteiger partial charge is 0.261 e. The van der Waals surface area contributed by atoms with E-state index in [2.05, 4.69) is 59.2 Å². The Labute approximate surface area is 196 Å². The molecule has 1 unspecified atom stereocenters. The molecule has 2 aromatic heterocycles. The molecule has 0 spiro atoms. The fourth-order valence-corrected chi connectivity index (χ4v) is 6.43. The molecule has 1 amide bonds. The van der Waals surface area contributed by atoms with E-state index in [0.29, 0.717) is 44.8 Å². The molecule has 1 aliphatic rings. The molecular weight excluding hydrogens is 440 g/mol. The Morgan fingerprint density at radius 3 is 2.94 bits per heavy atom. The fourth-order valence-electron chi connectivity index (χ4n) is 4.32. The predicted octanol–water partition coefficient (Wildman–Crippen LogP) is 4.42. The van der Waals surface area contributed by atoms with Gasteiger partial charge in [-0.15, -0.1) is 23.1 Å². The van der Waals surface area contributed by atoms with Crippen molar-refractivity contribution in [3.8, 4) is 0 Å². The minimum atomic E-state index is -0.174. The number of rotatable bonds is 7. The number of benzene rings is 1. The number of aromatic nitrogens is 2. The predicted molar refractivity (Wildman–Crippen MR) is 133 cm³/mol. The van der Waals surface area contributed by atoms with Crippen LogP contribution in [0.5, 0.6) is 0 Å². The summed E-state index contributed by atoms with van der Waals surface area (Å²) in [6.07, 6.45) is 2.29. The number of thiophene rings is 1. The zero-order chi connectivity index (χ0) is 22.8. The summed E-state index contributed by atoms with van der Waals surface area (Å²) in [6.45, 7) is 10.9. The first kappa shape index (κ1) is 23.0. The number of H-pyrrole nitrogens is 1. The van der Waals surface area contributed by atoms with E-state index >= 15 is 0 Å². The number of thioether (sulfide) groups is 1. The number of hydrogen-bond donors (Lipinski definition) is 2. The molecule has 1 aliphatic heterocycles. The summed E-state index contributed by atoms with van der Waals surface area (Å²) < 4.78 is 0. The molecule has 1 atom stereocenters. The van der Waals surface area contributed by atoms with Gasteiger partial charge in [-0.2, -0.15) is 0 Å². The van der Waals surface area contributed by atoms with Gasteiger partial charge in [0.1, 0.15) is 10.7 Å². The summed E-state index contributed by atoms with van der Waals surface area (Å²) in [5.74, 6) is 1.09. The van der Waals surface area contributed by atoms with Crippen LogP contribution in [-0.2, 0) is 5.75 Å². The molecule has 8 heteroatoms. The van der Waals surface area contributed by atoms with Crippen LogP contribution in [0.15, 0.2) is 27.9 Å². The van der Waals surface area contributed by atoms with Gasteiger partial charge in [0.05, 0.1) is 16.0 Å². The summed E-state index contributed by atoms with van der Waals surface area (Å²) in [7, 11) is 0. The first-order valence-corrected chi connectivity index (χ1v) is 12.9. The van der Waals surface area contributed by atoms with E-state index in [1.165, 1.54) is 33.8 Å². The second-order valence-corrected chi connectivity index (χ2v) is 10.5. The number of hydrogen-bond acceptors (Lipinski definition) is 6. The SMILES string of the molecule is CCN1CCCC1CNC(=O)c1sc2nc(CSc3cc(C)ccc3C)[nH]c(=O)c2c1C. The van der Waals surface area contributed by atoms with Crippen LogP contribution in [0.3, 0.4) is 0 Å². The van der Waals surface area contributed by atoms with E-state index in [1.54, 1.807) is 11.8 Å². The third-order valence-corrected chi connectivity index (χ3v) is 8.52. The van der Waals surface area contributed by atoms with E-state index < -0.39 is 0 Å². The highest BCUT2D eigenvalue weighted by atomic mass is 32.2. The van der Waals surface area contributed by atoms with Gasteiger partial charge in [0, 0.05) is 17.5 Å². The first-order valence-electron chi connectivity index (χ1n) is 11.1. The van der Waals surface area contributed by atoms with Crippen molar-refractivity contribution < 1.29 is 4.79 Å². The average Bonchev–Trinajstić information content (AvgIpc) is 3.36. The first-order chi connectivity index (χ1) is 15.4. The second kappa shape index (κ2) is 9.77. The van der Waals surface area contributed by atoms with Crippen molar-refractivity contribution in [2.24, 2.45) is 0 Å². The Kier molecular flexibility index (Phi) is 7.02. The monoisotopic (exact) mass is 470 g/mol. The van der Waals surface area contributed by atoms with Gasteiger partial charge in [-0.1, -0.05) is 24.6 Å². The highest BCUT2D eigenvalue weighted by molar-refractivity contribution is 7.98. The number of nitrogens with zero attached hydrogens (tertiary/aromatic N) is 2. The van der Waals surface area contributed by atoms with Crippen molar-refractivity contribution in [2.45, 2.75) is 57.2 Å². The largest absolute Gasteiger partial charge is 0.350 e. The summed E-state index contributed by atoms with van der Waals surface area (Å²) in [4.78, 5) is 38.1. The van der Waals surface area contributed by atoms with Crippen LogP contribution in [-0.4, -0.2) is 46.5 Å². The number of likely N-dealkylation sites (tertiary alicyclic amines) is 1. The normalized spacial score (nSPS) is 16.7. The lowest BCUT2D eigenvalue weighted by Gasteiger charge is -2.22. The van der Waals surface area contributed by atoms with Crippen LogP contribution in [0, 0.1) is 20.8 Å². The van der Waals surface area contributed by atoms with Crippen molar-refractivity contribution >= 4 is 39.2 Å². The average molecular weight is 471 g/mol. The van der Waals surface area contributed by atoms with Crippen LogP contribution >= 0.6 is 23.1 Å². The summed E-state index contributed by atoms with van der Waals surface area (Å²) in [5, 5.41) is 3.61. The number of amides is 1. The topological polar surface area (TPSA) is 78.1 Å². The van der Waals surface area contributed by atoms with Crippen LogP contribution < -0.4 is 10.9 Å². The van der Waals surface area contributed by atoms with E-state index in [9.17, 15) is 9.59 Å². The fraction of sp³-hybridized carbons (Fsp3) is 0.458. The molecule has 0 bridgehead atoms. The highest BCUT2D eigenvalue weighted by Gasteiger charge is 2.25. The summed E-state index contributed by atoms with van der Waals surface area (Å²) in [5.41, 5.74) is 2.95. The molecule has 3 heterocycles. The summed E-state index contributed by atoms with van der Waals surface area (Å²) >= 11 is 2.97. The van der Waals surface area contributed by atoms with Crippen molar-refractivity contribution in [3.63, 3.8) is 0 Å². The van der Waals surface area contributed by atoms with Gasteiger partial charge in [-0.3, -0.25) is 14.5 Å². The lowest BCUT2D eigenvalue weighted by Crippen LogP contribution is -2.39. The van der Waals surface area contributed by atoms with Crippen molar-refractivity contribution in [1.29, 1.82) is 0 Å². The van der Waals surface area contributed by atoms with Gasteiger partial charge >= 0.3 is 0 Å². The molecule has 4 rings (SSSR count). The number of carbonyl (C=O) groups is 1. The van der Waals surface area contributed by atoms with Gasteiger partial charge in [0.25, 0.3) is 11.5 Å². The van der Waals surface area contributed by atoms with E-state index in [1.807, 2.05) is 6.92 Å². The Bertz CT molecular complexity index is 1200. The number of aryl methyl sites for hydroxylation is 3. The molecule has 1 fully saturated rings. The Balaban J connectivity index is 1.51. The highest BCUT2D eigenvalue weighted by Crippen LogP contribution is 2.29. The zero-order valence-corrected chi connectivity index (χ0v) is 20.7. The standard InChI is InChI=1S/C24H30N4O2S2/c1-5-28-10-6-7-17(28)12-25-23(30)21-16(4)20-22(29)26-19(27-24(20)32-21)13-31-18-11-14(2)8-9-15(18)3/h8-9,11,17H,5-7,10,12-13H2,1-4H3,(H,25,30)(H,26,27,29). The van der Waals surface area contributed by atoms with Gasteiger partial charge in [-0.05, 0) is 63.9 Å². The Hall–Kier alpha value is -2.16. The molecule has 0 saturated carbocycles. The van der Waals surface area contributed by atoms with Gasteiger partial charge in [0.2, 0.25) is 0 Å². The maximum absolute atomic E-state index is 12.9. The third-order valence-electron chi connectivity index (χ3n) is 6.17. The zero-order valence-electron chi connectivity index (χ0n) is 19.1. The molecule has 2 N–H and O–H groups in total. The Morgan fingerprint density at radius 1 is 1.34 bits per heavy atom. The third kappa shape index (κ3) is 4.77. The van der Waals surface area contributed by atoms with Gasteiger partial charge in [0.15, 0.2) is 0 Å². The van der Waals surface area contributed by atoms with Crippen LogP contribution in [0.1, 0.15) is 52.0 Å². The van der Waals surface area contributed by atoms with E-state index in [0.717, 1.165) is 19.5 Å². The van der Waals surface area contributed by atoms with Crippen LogP contribution in [0.2, 0.25) is 0 Å². The molecule has 1 aromatic carbocycles. The number of likely N-dealkylation sites (N-methyl/N-ethyl adjacent to an activating group) is 1. The summed E-state index contributed by atoms with van der Waals surface area (Å²) in [6, 6.07) is 6.75. The van der Waals surface area contributed by atoms with E-state index in [4.69, 9.17) is 0 Å². The number of aromatic amines is 1. The minimum absolute atomic E-state index is 0.112. The molecule has 0 radical (unpaired) electrons. The maximum atomic E-state index is 12.9. The second-order valence-electron chi connectivity index (χ2n) is 8.44. The van der Waals surface area contributed by atoms with Crippen molar-refractivity contribution in [2.75, 3.05) is 19.6 Å². The van der Waals surface area contributed by atoms with Crippen molar-refractivity contribution in [3.05, 3.63) is 55.9 Å². The minimum Gasteiger partial charge on any atom is -0.350 e. The number of fused-ring (bicyclic) bond motifs is 1. The lowest BCUT2D eigenvalue weighted by molar-refractivity contribution is 0.0945. The van der Waals surface area contributed by atoms with Crippen LogP contribution in [0.25, 0.3) is 10.2 Å². The van der Waals surface area contributed by atoms with Gasteiger partial charge in [-0.25, -0.2) is 4.98 Å². The lowest BCUT2D eigenvalue weighted by atomic mass is 10.2. The van der Waals surface area contributed by atoms with Gasteiger partial charge < -0.3 is 10.3 Å². The quantitative estimate of drug-likeness (QED) is 0.500.